The van der Waals surface area contributed by atoms with Gasteiger partial charge in [0.15, 0.2) is 0 Å². The van der Waals surface area contributed by atoms with E-state index >= 15 is 0 Å². The van der Waals surface area contributed by atoms with Crippen molar-refractivity contribution in [3.8, 4) is 5.75 Å². The first-order valence-corrected chi connectivity index (χ1v) is 6.86. The van der Waals surface area contributed by atoms with Gasteiger partial charge in [0.2, 0.25) is 0 Å². The normalized spacial score (nSPS) is 18.6. The molecule has 0 radical (unpaired) electrons. The molecule has 3 nitrogen and oxygen atoms in total. The average molecular weight is 249 g/mol. The minimum absolute atomic E-state index is 0.0656. The first-order chi connectivity index (χ1) is 8.81. The Morgan fingerprint density at radius 2 is 2.06 bits per heavy atom. The standard InChI is InChI=1S/C15H23NO2/c1-2-14(16)13-5-3-4-6-15(13)18-11-12-7-9-17-10-8-12/h3-6,12,14H,2,7-11,16H2,1H3. The van der Waals surface area contributed by atoms with E-state index in [-0.39, 0.29) is 6.04 Å². The molecule has 0 bridgehead atoms. The Kier molecular flexibility index (Phi) is 5.02. The monoisotopic (exact) mass is 249 g/mol. The number of hydrogen-bond acceptors (Lipinski definition) is 3. The van der Waals surface area contributed by atoms with Crippen LogP contribution in [0.4, 0.5) is 0 Å². The second-order valence-electron chi connectivity index (χ2n) is 4.92. The van der Waals surface area contributed by atoms with Crippen LogP contribution in [-0.4, -0.2) is 19.8 Å². The molecule has 1 atom stereocenters. The van der Waals surface area contributed by atoms with Crippen LogP contribution in [0.3, 0.4) is 0 Å². The van der Waals surface area contributed by atoms with E-state index in [9.17, 15) is 0 Å². The number of benzene rings is 1. The van der Waals surface area contributed by atoms with Gasteiger partial charge in [0.25, 0.3) is 0 Å². The summed E-state index contributed by atoms with van der Waals surface area (Å²) in [6, 6.07) is 8.17. The summed E-state index contributed by atoms with van der Waals surface area (Å²) in [4.78, 5) is 0. The van der Waals surface area contributed by atoms with Crippen molar-refractivity contribution < 1.29 is 9.47 Å². The van der Waals surface area contributed by atoms with Gasteiger partial charge in [-0.3, -0.25) is 0 Å². The van der Waals surface area contributed by atoms with Crippen molar-refractivity contribution in [3.05, 3.63) is 29.8 Å². The summed E-state index contributed by atoms with van der Waals surface area (Å²) in [7, 11) is 0. The number of hydrogen-bond donors (Lipinski definition) is 1. The molecule has 0 aliphatic carbocycles. The van der Waals surface area contributed by atoms with E-state index in [1.54, 1.807) is 0 Å². The van der Waals surface area contributed by atoms with Crippen LogP contribution in [0.15, 0.2) is 24.3 Å². The smallest absolute Gasteiger partial charge is 0.124 e. The van der Waals surface area contributed by atoms with Gasteiger partial charge in [-0.15, -0.1) is 0 Å². The van der Waals surface area contributed by atoms with E-state index < -0.39 is 0 Å². The molecule has 0 saturated carbocycles. The van der Waals surface area contributed by atoms with Crippen molar-refractivity contribution >= 4 is 0 Å². The van der Waals surface area contributed by atoms with E-state index in [0.717, 1.165) is 50.4 Å². The molecule has 1 aliphatic heterocycles. The van der Waals surface area contributed by atoms with Crippen molar-refractivity contribution in [2.45, 2.75) is 32.2 Å². The summed E-state index contributed by atoms with van der Waals surface area (Å²) in [6.07, 6.45) is 3.13. The van der Waals surface area contributed by atoms with Gasteiger partial charge >= 0.3 is 0 Å². The Labute approximate surface area is 109 Å². The van der Waals surface area contributed by atoms with Crippen LogP contribution in [0.1, 0.15) is 37.8 Å². The van der Waals surface area contributed by atoms with Crippen molar-refractivity contribution in [1.82, 2.24) is 0 Å². The van der Waals surface area contributed by atoms with Gasteiger partial charge in [0.1, 0.15) is 5.75 Å². The second kappa shape index (κ2) is 6.76. The third kappa shape index (κ3) is 3.47. The third-order valence-electron chi connectivity index (χ3n) is 3.57. The maximum Gasteiger partial charge on any atom is 0.124 e. The van der Waals surface area contributed by atoms with Gasteiger partial charge in [-0.1, -0.05) is 25.1 Å². The van der Waals surface area contributed by atoms with E-state index in [1.165, 1.54) is 0 Å². The van der Waals surface area contributed by atoms with Crippen LogP contribution in [0.2, 0.25) is 0 Å². The lowest BCUT2D eigenvalue weighted by Crippen LogP contribution is -2.22. The highest BCUT2D eigenvalue weighted by Crippen LogP contribution is 2.26. The summed E-state index contributed by atoms with van der Waals surface area (Å²) in [6.45, 7) is 4.60. The SMILES string of the molecule is CCC(N)c1ccccc1OCC1CCOCC1. The molecule has 0 amide bonds. The zero-order valence-corrected chi connectivity index (χ0v) is 11.1. The van der Waals surface area contributed by atoms with Crippen molar-refractivity contribution in [2.24, 2.45) is 11.7 Å². The number of rotatable bonds is 5. The first kappa shape index (κ1) is 13.4. The molecule has 1 heterocycles. The number of nitrogens with two attached hydrogens (primary N) is 1. The zero-order chi connectivity index (χ0) is 12.8. The van der Waals surface area contributed by atoms with Gasteiger partial charge in [-0.2, -0.15) is 0 Å². The lowest BCUT2D eigenvalue weighted by atomic mass is 10.0. The van der Waals surface area contributed by atoms with Crippen molar-refractivity contribution in [2.75, 3.05) is 19.8 Å². The van der Waals surface area contributed by atoms with E-state index in [0.29, 0.717) is 5.92 Å². The lowest BCUT2D eigenvalue weighted by Gasteiger charge is -2.23. The fraction of sp³-hybridized carbons (Fsp3) is 0.600. The molecule has 2 N–H and O–H groups in total. The van der Waals surface area contributed by atoms with Crippen molar-refractivity contribution in [1.29, 1.82) is 0 Å². The molecule has 1 aliphatic rings. The summed E-state index contributed by atoms with van der Waals surface area (Å²) in [5.41, 5.74) is 7.22. The molecular formula is C15H23NO2. The van der Waals surface area contributed by atoms with Crippen LogP contribution < -0.4 is 10.5 Å². The minimum Gasteiger partial charge on any atom is -0.493 e. The molecular weight excluding hydrogens is 226 g/mol. The summed E-state index contributed by atoms with van der Waals surface area (Å²) < 4.78 is 11.3. The minimum atomic E-state index is 0.0656. The highest BCUT2D eigenvalue weighted by molar-refractivity contribution is 5.35. The van der Waals surface area contributed by atoms with Gasteiger partial charge < -0.3 is 15.2 Å². The quantitative estimate of drug-likeness (QED) is 0.872. The van der Waals surface area contributed by atoms with E-state index in [2.05, 4.69) is 13.0 Å². The summed E-state index contributed by atoms with van der Waals surface area (Å²) >= 11 is 0. The third-order valence-corrected chi connectivity index (χ3v) is 3.57. The van der Waals surface area contributed by atoms with Crippen molar-refractivity contribution in [3.63, 3.8) is 0 Å². The summed E-state index contributed by atoms with van der Waals surface area (Å²) in [5.74, 6) is 1.56. The Morgan fingerprint density at radius 1 is 1.33 bits per heavy atom. The molecule has 1 saturated heterocycles. The Bertz CT molecular complexity index is 361. The average Bonchev–Trinajstić information content (AvgIpc) is 2.45. The Hall–Kier alpha value is -1.06. The maximum absolute atomic E-state index is 6.10. The second-order valence-corrected chi connectivity index (χ2v) is 4.92. The van der Waals surface area contributed by atoms with E-state index in [1.807, 2.05) is 18.2 Å². The molecule has 0 aromatic heterocycles. The fourth-order valence-electron chi connectivity index (χ4n) is 2.26. The predicted molar refractivity (Wildman–Crippen MR) is 72.7 cm³/mol. The van der Waals surface area contributed by atoms with Gasteiger partial charge in [-0.25, -0.2) is 0 Å². The molecule has 2 rings (SSSR count). The van der Waals surface area contributed by atoms with Gasteiger partial charge in [0, 0.05) is 24.8 Å². The number of para-hydroxylation sites is 1. The maximum atomic E-state index is 6.10. The number of ether oxygens (including phenoxy) is 2. The topological polar surface area (TPSA) is 44.5 Å². The molecule has 1 fully saturated rings. The first-order valence-electron chi connectivity index (χ1n) is 6.86. The molecule has 18 heavy (non-hydrogen) atoms. The lowest BCUT2D eigenvalue weighted by molar-refractivity contribution is 0.0495. The molecule has 1 aromatic rings. The molecule has 1 unspecified atom stereocenters. The molecule has 0 spiro atoms. The Morgan fingerprint density at radius 3 is 2.78 bits per heavy atom. The highest BCUT2D eigenvalue weighted by Gasteiger charge is 2.16. The fourth-order valence-corrected chi connectivity index (χ4v) is 2.26. The van der Waals surface area contributed by atoms with Crippen LogP contribution >= 0.6 is 0 Å². The largest absolute Gasteiger partial charge is 0.493 e. The van der Waals surface area contributed by atoms with Crippen LogP contribution in [-0.2, 0) is 4.74 Å². The highest BCUT2D eigenvalue weighted by atomic mass is 16.5. The molecule has 3 heteroatoms. The Balaban J connectivity index is 1.95. The van der Waals surface area contributed by atoms with E-state index in [4.69, 9.17) is 15.2 Å². The summed E-state index contributed by atoms with van der Waals surface area (Å²) in [5, 5.41) is 0. The van der Waals surface area contributed by atoms with Crippen LogP contribution in [0.5, 0.6) is 5.75 Å². The molecule has 1 aromatic carbocycles. The molecule has 100 valence electrons. The van der Waals surface area contributed by atoms with Crippen LogP contribution in [0.25, 0.3) is 0 Å². The van der Waals surface area contributed by atoms with Gasteiger partial charge in [-0.05, 0) is 31.2 Å². The van der Waals surface area contributed by atoms with Crippen LogP contribution in [0, 0.1) is 5.92 Å². The zero-order valence-electron chi connectivity index (χ0n) is 11.1. The van der Waals surface area contributed by atoms with Gasteiger partial charge in [0.05, 0.1) is 6.61 Å². The predicted octanol–water partition coefficient (Wildman–Crippen LogP) is 2.90.